The lowest BCUT2D eigenvalue weighted by atomic mass is 9.96. The summed E-state index contributed by atoms with van der Waals surface area (Å²) in [4.78, 5) is 16.6. The van der Waals surface area contributed by atoms with E-state index in [1.165, 1.54) is 31.0 Å². The van der Waals surface area contributed by atoms with Crippen LogP contribution in [0, 0.1) is 11.8 Å². The van der Waals surface area contributed by atoms with Crippen LogP contribution in [0.2, 0.25) is 0 Å². The SMILES string of the molecule is C[C@@]1([C@H](O)CO)SC(=N[C@H]2C[C@@H]3CC[C@H]2C3)NC1=O. The Bertz CT molecular complexity index is 428. The van der Waals surface area contributed by atoms with E-state index in [1.54, 1.807) is 6.92 Å². The quantitative estimate of drug-likeness (QED) is 0.705. The molecule has 1 saturated heterocycles. The molecule has 2 bridgehead atoms. The summed E-state index contributed by atoms with van der Waals surface area (Å²) >= 11 is 1.25. The molecular weight excluding hydrogens is 264 g/mol. The maximum atomic E-state index is 12.0. The fourth-order valence-electron chi connectivity index (χ4n) is 3.47. The molecule has 1 heterocycles. The molecule has 6 heteroatoms. The van der Waals surface area contributed by atoms with Gasteiger partial charge in [-0.1, -0.05) is 18.2 Å². The first kappa shape index (κ1) is 13.4. The van der Waals surface area contributed by atoms with Crippen molar-refractivity contribution in [2.75, 3.05) is 6.61 Å². The molecular formula is C13H20N2O3S. The van der Waals surface area contributed by atoms with E-state index in [4.69, 9.17) is 5.11 Å². The molecule has 3 aliphatic rings. The number of hydrogen-bond acceptors (Lipinski definition) is 5. The first-order valence-corrected chi connectivity index (χ1v) is 7.71. The molecule has 0 aromatic carbocycles. The summed E-state index contributed by atoms with van der Waals surface area (Å²) in [5.74, 6) is 1.22. The van der Waals surface area contributed by atoms with E-state index >= 15 is 0 Å². The van der Waals surface area contributed by atoms with Crippen LogP contribution in [0.1, 0.15) is 32.6 Å². The first-order valence-electron chi connectivity index (χ1n) is 6.90. The molecule has 19 heavy (non-hydrogen) atoms. The van der Waals surface area contributed by atoms with Crippen LogP contribution in [0.3, 0.4) is 0 Å². The van der Waals surface area contributed by atoms with E-state index in [-0.39, 0.29) is 5.91 Å². The first-order chi connectivity index (χ1) is 9.03. The number of aliphatic hydroxyl groups is 2. The van der Waals surface area contributed by atoms with Gasteiger partial charge in [-0.2, -0.15) is 0 Å². The third kappa shape index (κ3) is 2.19. The van der Waals surface area contributed by atoms with Crippen LogP contribution in [0.5, 0.6) is 0 Å². The second kappa shape index (κ2) is 4.75. The largest absolute Gasteiger partial charge is 0.394 e. The van der Waals surface area contributed by atoms with Gasteiger partial charge in [0.05, 0.1) is 12.6 Å². The van der Waals surface area contributed by atoms with Crippen molar-refractivity contribution >= 4 is 22.8 Å². The fourth-order valence-corrected chi connectivity index (χ4v) is 4.55. The zero-order valence-electron chi connectivity index (χ0n) is 11.0. The number of aliphatic hydroxyl groups excluding tert-OH is 2. The molecule has 3 rings (SSSR count). The zero-order valence-corrected chi connectivity index (χ0v) is 11.8. The molecule has 1 amide bonds. The lowest BCUT2D eigenvalue weighted by Gasteiger charge is -2.23. The van der Waals surface area contributed by atoms with Gasteiger partial charge in [-0.25, -0.2) is 0 Å². The highest BCUT2D eigenvalue weighted by Gasteiger charge is 2.49. The number of nitrogens with one attached hydrogen (secondary N) is 1. The number of carbonyl (C=O) groups excluding carboxylic acids is 1. The van der Waals surface area contributed by atoms with Gasteiger partial charge in [0.15, 0.2) is 5.17 Å². The molecule has 3 fully saturated rings. The number of fused-ring (bicyclic) bond motifs is 2. The Morgan fingerprint density at radius 3 is 2.89 bits per heavy atom. The van der Waals surface area contributed by atoms with E-state index < -0.39 is 17.5 Å². The van der Waals surface area contributed by atoms with Crippen LogP contribution in [0.4, 0.5) is 0 Å². The summed E-state index contributed by atoms with van der Waals surface area (Å²) in [6, 6.07) is 0.329. The van der Waals surface area contributed by atoms with Gasteiger partial charge in [0.25, 0.3) is 0 Å². The van der Waals surface area contributed by atoms with E-state index in [0.717, 1.165) is 12.3 Å². The normalized spacial score (nSPS) is 44.9. The minimum Gasteiger partial charge on any atom is -0.394 e. The van der Waals surface area contributed by atoms with Crippen molar-refractivity contribution in [2.45, 2.75) is 49.5 Å². The molecule has 0 spiro atoms. The van der Waals surface area contributed by atoms with Gasteiger partial charge in [0.1, 0.15) is 10.9 Å². The van der Waals surface area contributed by atoms with Gasteiger partial charge < -0.3 is 15.5 Å². The standard InChI is InChI=1S/C13H20N2O3S/c1-13(10(17)6-16)11(18)15-12(19-13)14-9-5-7-2-3-8(9)4-7/h7-10,16-17H,2-6H2,1H3,(H,14,15,18)/t7-,8+,9+,10-,13+/m1/s1. The average Bonchev–Trinajstić information content (AvgIpc) is 3.05. The van der Waals surface area contributed by atoms with Crippen LogP contribution >= 0.6 is 11.8 Å². The lowest BCUT2D eigenvalue weighted by Crippen LogP contribution is -2.45. The Balaban J connectivity index is 1.72. The molecule has 5 atom stereocenters. The summed E-state index contributed by atoms with van der Waals surface area (Å²) in [5, 5.41) is 22.2. The Hall–Kier alpha value is -0.590. The van der Waals surface area contributed by atoms with Gasteiger partial charge in [0.2, 0.25) is 5.91 Å². The van der Waals surface area contributed by atoms with Gasteiger partial charge in [-0.3, -0.25) is 9.79 Å². The Labute approximate surface area is 116 Å². The summed E-state index contributed by atoms with van der Waals surface area (Å²) < 4.78 is -1.02. The fraction of sp³-hybridized carbons (Fsp3) is 0.846. The molecule has 0 unspecified atom stereocenters. The van der Waals surface area contributed by atoms with Crippen LogP contribution in [-0.4, -0.2) is 44.8 Å². The number of nitrogens with zero attached hydrogens (tertiary/aromatic N) is 1. The summed E-state index contributed by atoms with van der Waals surface area (Å²) in [6.45, 7) is 1.23. The van der Waals surface area contributed by atoms with Crippen LogP contribution in [0.25, 0.3) is 0 Å². The molecule has 106 valence electrons. The number of carbonyl (C=O) groups is 1. The van der Waals surface area contributed by atoms with Crippen molar-refractivity contribution in [3.8, 4) is 0 Å². The van der Waals surface area contributed by atoms with E-state index in [9.17, 15) is 9.90 Å². The molecule has 0 aromatic heterocycles. The Morgan fingerprint density at radius 1 is 1.53 bits per heavy atom. The second-order valence-corrected chi connectivity index (χ2v) is 7.48. The smallest absolute Gasteiger partial charge is 0.245 e. The number of aliphatic imine (C=N–C) groups is 1. The minimum absolute atomic E-state index is 0.263. The molecule has 5 nitrogen and oxygen atoms in total. The monoisotopic (exact) mass is 284 g/mol. The van der Waals surface area contributed by atoms with Gasteiger partial charge in [-0.15, -0.1) is 0 Å². The number of amides is 1. The Kier molecular flexibility index (Phi) is 3.35. The maximum Gasteiger partial charge on any atom is 0.245 e. The molecule has 0 radical (unpaired) electrons. The van der Waals surface area contributed by atoms with Crippen molar-refractivity contribution in [3.05, 3.63) is 0 Å². The summed E-state index contributed by atoms with van der Waals surface area (Å²) in [6.07, 6.45) is 3.92. The van der Waals surface area contributed by atoms with Gasteiger partial charge in [0, 0.05) is 0 Å². The van der Waals surface area contributed by atoms with Crippen molar-refractivity contribution < 1.29 is 15.0 Å². The highest BCUT2D eigenvalue weighted by atomic mass is 32.2. The van der Waals surface area contributed by atoms with Crippen LogP contribution in [0.15, 0.2) is 4.99 Å². The van der Waals surface area contributed by atoms with E-state index in [1.807, 2.05) is 0 Å². The molecule has 3 N–H and O–H groups in total. The lowest BCUT2D eigenvalue weighted by molar-refractivity contribution is -0.124. The topological polar surface area (TPSA) is 81.9 Å². The predicted octanol–water partition coefficient (Wildman–Crippen LogP) is 0.506. The van der Waals surface area contributed by atoms with Crippen molar-refractivity contribution in [1.29, 1.82) is 0 Å². The third-order valence-corrected chi connectivity index (χ3v) is 6.05. The molecule has 2 saturated carbocycles. The number of hydrogen-bond donors (Lipinski definition) is 3. The van der Waals surface area contributed by atoms with E-state index in [0.29, 0.717) is 17.1 Å². The second-order valence-electron chi connectivity index (χ2n) is 6.04. The van der Waals surface area contributed by atoms with Crippen LogP contribution in [-0.2, 0) is 4.79 Å². The number of amidine groups is 1. The Morgan fingerprint density at radius 2 is 2.32 bits per heavy atom. The highest BCUT2D eigenvalue weighted by Crippen LogP contribution is 2.46. The third-order valence-electron chi connectivity index (χ3n) is 4.77. The zero-order chi connectivity index (χ0) is 13.6. The number of thioether (sulfide) groups is 1. The molecule has 1 aliphatic heterocycles. The van der Waals surface area contributed by atoms with Crippen molar-refractivity contribution in [2.24, 2.45) is 16.8 Å². The highest BCUT2D eigenvalue weighted by molar-refractivity contribution is 8.16. The van der Waals surface area contributed by atoms with Crippen LogP contribution < -0.4 is 5.32 Å². The summed E-state index contributed by atoms with van der Waals surface area (Å²) in [7, 11) is 0. The minimum atomic E-state index is -1.06. The summed E-state index contributed by atoms with van der Waals surface area (Å²) in [5.41, 5.74) is 0. The average molecular weight is 284 g/mol. The molecule has 0 aromatic rings. The van der Waals surface area contributed by atoms with Crippen molar-refractivity contribution in [1.82, 2.24) is 5.32 Å². The predicted molar refractivity (Wildman–Crippen MR) is 73.9 cm³/mol. The number of rotatable bonds is 3. The van der Waals surface area contributed by atoms with Gasteiger partial charge in [-0.05, 0) is 38.0 Å². The van der Waals surface area contributed by atoms with E-state index in [2.05, 4.69) is 10.3 Å². The van der Waals surface area contributed by atoms with Crippen molar-refractivity contribution in [3.63, 3.8) is 0 Å². The molecule has 2 aliphatic carbocycles. The maximum absolute atomic E-state index is 12.0. The van der Waals surface area contributed by atoms with Gasteiger partial charge >= 0.3 is 0 Å².